The van der Waals surface area contributed by atoms with Gasteiger partial charge in [-0.15, -0.1) is 0 Å². The van der Waals surface area contributed by atoms with Gasteiger partial charge in [0.05, 0.1) is 0 Å². The number of fused-ring (bicyclic) bond motifs is 1. The highest BCUT2D eigenvalue weighted by Crippen LogP contribution is 2.19. The summed E-state index contributed by atoms with van der Waals surface area (Å²) in [4.78, 5) is 15.5. The van der Waals surface area contributed by atoms with Gasteiger partial charge in [-0.1, -0.05) is 29.8 Å². The van der Waals surface area contributed by atoms with E-state index in [9.17, 15) is 4.79 Å². The second kappa shape index (κ2) is 4.69. The molecule has 3 heteroatoms. The highest BCUT2D eigenvalue weighted by molar-refractivity contribution is 5.95. The molecule has 3 rings (SSSR count). The average Bonchev–Trinajstić information content (AvgIpc) is 2.77. The molecule has 0 unspecified atom stereocenters. The van der Waals surface area contributed by atoms with Crippen molar-refractivity contribution < 1.29 is 4.79 Å². The van der Waals surface area contributed by atoms with Crippen molar-refractivity contribution in [3.8, 4) is 0 Å². The van der Waals surface area contributed by atoms with Crippen molar-refractivity contribution in [2.24, 2.45) is 0 Å². The summed E-state index contributed by atoms with van der Waals surface area (Å²) in [5, 5.41) is 0.908. The third-order valence-corrected chi connectivity index (χ3v) is 3.23. The molecule has 3 aromatic rings. The number of carbonyl (C=O) groups excluding carboxylic acids is 1. The van der Waals surface area contributed by atoms with Gasteiger partial charge in [-0.25, -0.2) is 4.98 Å². The Kier molecular flexibility index (Phi) is 2.88. The van der Waals surface area contributed by atoms with Crippen LogP contribution in [0, 0.1) is 6.92 Å². The van der Waals surface area contributed by atoms with E-state index in [-0.39, 0.29) is 0 Å². The summed E-state index contributed by atoms with van der Waals surface area (Å²) in [6.45, 7) is 2.80. The maximum atomic E-state index is 11.1. The van der Waals surface area contributed by atoms with E-state index in [1.54, 1.807) is 6.20 Å². The first-order chi connectivity index (χ1) is 9.28. The predicted molar refractivity (Wildman–Crippen MR) is 75.4 cm³/mol. The third kappa shape index (κ3) is 2.15. The number of pyridine rings is 1. The Labute approximate surface area is 111 Å². The molecule has 0 atom stereocenters. The van der Waals surface area contributed by atoms with Crippen LogP contribution in [0.5, 0.6) is 0 Å². The lowest BCUT2D eigenvalue weighted by Crippen LogP contribution is -1.99. The normalized spacial score (nSPS) is 10.8. The van der Waals surface area contributed by atoms with Crippen LogP contribution < -0.4 is 0 Å². The van der Waals surface area contributed by atoms with E-state index in [1.807, 2.05) is 29.0 Å². The minimum atomic E-state index is 0.691. The van der Waals surface area contributed by atoms with E-state index < -0.39 is 0 Å². The van der Waals surface area contributed by atoms with Crippen LogP contribution in [0.1, 0.15) is 21.5 Å². The zero-order valence-electron chi connectivity index (χ0n) is 10.7. The summed E-state index contributed by atoms with van der Waals surface area (Å²) in [5.41, 5.74) is 3.99. The summed E-state index contributed by atoms with van der Waals surface area (Å²) < 4.78 is 2.02. The van der Waals surface area contributed by atoms with Gasteiger partial charge in [-0.3, -0.25) is 4.79 Å². The van der Waals surface area contributed by atoms with Crippen molar-refractivity contribution in [1.82, 2.24) is 9.55 Å². The first kappa shape index (κ1) is 11.7. The minimum Gasteiger partial charge on any atom is -0.327 e. The molecule has 2 aromatic heterocycles. The van der Waals surface area contributed by atoms with E-state index in [0.29, 0.717) is 5.56 Å². The first-order valence-corrected chi connectivity index (χ1v) is 6.22. The molecule has 0 fully saturated rings. The molecule has 0 saturated heterocycles. The second-order valence-electron chi connectivity index (χ2n) is 4.69. The number of aromatic nitrogens is 2. The van der Waals surface area contributed by atoms with Gasteiger partial charge in [0.2, 0.25) is 0 Å². The van der Waals surface area contributed by atoms with Gasteiger partial charge in [-0.2, -0.15) is 0 Å². The Balaban J connectivity index is 2.08. The van der Waals surface area contributed by atoms with Crippen molar-refractivity contribution >= 4 is 17.3 Å². The fourth-order valence-electron chi connectivity index (χ4n) is 2.37. The quantitative estimate of drug-likeness (QED) is 0.669. The Morgan fingerprint density at radius 3 is 2.95 bits per heavy atom. The monoisotopic (exact) mass is 250 g/mol. The highest BCUT2D eigenvalue weighted by atomic mass is 16.1. The van der Waals surface area contributed by atoms with Crippen molar-refractivity contribution in [3.63, 3.8) is 0 Å². The first-order valence-electron chi connectivity index (χ1n) is 6.22. The summed E-state index contributed by atoms with van der Waals surface area (Å²) in [6, 6.07) is 12.1. The number of nitrogens with zero attached hydrogens (tertiary/aromatic N) is 2. The lowest BCUT2D eigenvalue weighted by atomic mass is 10.1. The molecule has 0 N–H and O–H groups in total. The van der Waals surface area contributed by atoms with Gasteiger partial charge in [0.1, 0.15) is 5.65 Å². The maximum Gasteiger partial charge on any atom is 0.152 e. The van der Waals surface area contributed by atoms with Gasteiger partial charge >= 0.3 is 0 Å². The number of aryl methyl sites for hydroxylation is 1. The predicted octanol–water partition coefficient (Wildman–Crippen LogP) is 3.21. The van der Waals surface area contributed by atoms with E-state index in [1.165, 1.54) is 11.1 Å². The molecule has 0 saturated carbocycles. The van der Waals surface area contributed by atoms with Gasteiger partial charge in [0, 0.05) is 29.9 Å². The molecule has 0 radical (unpaired) electrons. The SMILES string of the molecule is Cc1cccc(Cn2cc(C=O)c3cccnc32)c1. The molecule has 0 aliphatic heterocycles. The third-order valence-electron chi connectivity index (χ3n) is 3.23. The fourth-order valence-corrected chi connectivity index (χ4v) is 2.37. The number of benzene rings is 1. The topological polar surface area (TPSA) is 34.9 Å². The molecule has 0 aliphatic carbocycles. The van der Waals surface area contributed by atoms with Crippen LogP contribution in [0.3, 0.4) is 0 Å². The lowest BCUT2D eigenvalue weighted by Gasteiger charge is -2.05. The van der Waals surface area contributed by atoms with Gasteiger partial charge in [-0.05, 0) is 24.6 Å². The van der Waals surface area contributed by atoms with Crippen LogP contribution in [-0.4, -0.2) is 15.8 Å². The molecule has 94 valence electrons. The van der Waals surface area contributed by atoms with E-state index in [2.05, 4.69) is 30.1 Å². The zero-order valence-corrected chi connectivity index (χ0v) is 10.7. The molecule has 0 spiro atoms. The van der Waals surface area contributed by atoms with E-state index in [4.69, 9.17) is 0 Å². The molecular formula is C16H14N2O. The smallest absolute Gasteiger partial charge is 0.152 e. The Bertz CT molecular complexity index is 743. The van der Waals surface area contributed by atoms with Crippen molar-refractivity contribution in [2.45, 2.75) is 13.5 Å². The highest BCUT2D eigenvalue weighted by Gasteiger charge is 2.08. The van der Waals surface area contributed by atoms with Gasteiger partial charge in [0.25, 0.3) is 0 Å². The molecule has 0 aliphatic rings. The van der Waals surface area contributed by atoms with E-state index >= 15 is 0 Å². The van der Waals surface area contributed by atoms with Gasteiger partial charge in [0.15, 0.2) is 6.29 Å². The van der Waals surface area contributed by atoms with Crippen LogP contribution in [0.2, 0.25) is 0 Å². The van der Waals surface area contributed by atoms with Crippen LogP contribution in [0.15, 0.2) is 48.8 Å². The van der Waals surface area contributed by atoms with Crippen molar-refractivity contribution in [3.05, 3.63) is 65.5 Å². The van der Waals surface area contributed by atoms with Crippen molar-refractivity contribution in [1.29, 1.82) is 0 Å². The number of carbonyl (C=O) groups is 1. The largest absolute Gasteiger partial charge is 0.327 e. The Morgan fingerprint density at radius 2 is 2.16 bits per heavy atom. The molecule has 0 amide bonds. The Morgan fingerprint density at radius 1 is 1.26 bits per heavy atom. The van der Waals surface area contributed by atoms with Crippen LogP contribution >= 0.6 is 0 Å². The van der Waals surface area contributed by atoms with Crippen LogP contribution in [0.25, 0.3) is 11.0 Å². The summed E-state index contributed by atoms with van der Waals surface area (Å²) >= 11 is 0. The number of rotatable bonds is 3. The molecule has 1 aromatic carbocycles. The maximum absolute atomic E-state index is 11.1. The average molecular weight is 250 g/mol. The van der Waals surface area contributed by atoms with Crippen molar-refractivity contribution in [2.75, 3.05) is 0 Å². The molecular weight excluding hydrogens is 236 g/mol. The van der Waals surface area contributed by atoms with E-state index in [0.717, 1.165) is 23.9 Å². The Hall–Kier alpha value is -2.42. The zero-order chi connectivity index (χ0) is 13.2. The fraction of sp³-hybridized carbons (Fsp3) is 0.125. The number of aldehydes is 1. The second-order valence-corrected chi connectivity index (χ2v) is 4.69. The molecule has 3 nitrogen and oxygen atoms in total. The number of hydrogen-bond acceptors (Lipinski definition) is 2. The van der Waals surface area contributed by atoms with Crippen LogP contribution in [-0.2, 0) is 6.54 Å². The summed E-state index contributed by atoms with van der Waals surface area (Å²) in [7, 11) is 0. The lowest BCUT2D eigenvalue weighted by molar-refractivity contribution is 0.112. The summed E-state index contributed by atoms with van der Waals surface area (Å²) in [6.07, 6.45) is 4.51. The molecule has 0 bridgehead atoms. The number of hydrogen-bond donors (Lipinski definition) is 0. The van der Waals surface area contributed by atoms with Crippen LogP contribution in [0.4, 0.5) is 0 Å². The minimum absolute atomic E-state index is 0.691. The molecule has 19 heavy (non-hydrogen) atoms. The summed E-state index contributed by atoms with van der Waals surface area (Å²) in [5.74, 6) is 0. The molecule has 2 heterocycles. The standard InChI is InChI=1S/C16H14N2O/c1-12-4-2-5-13(8-12)9-18-10-14(11-19)15-6-3-7-17-16(15)18/h2-8,10-11H,9H2,1H3. The van der Waals surface area contributed by atoms with Gasteiger partial charge < -0.3 is 4.57 Å².